The Bertz CT molecular complexity index is 1220. The van der Waals surface area contributed by atoms with Gasteiger partial charge in [-0.2, -0.15) is 0 Å². The highest BCUT2D eigenvalue weighted by atomic mass is 32.2. The molecule has 0 spiro atoms. The number of carbonyl (C=O) groups excluding carboxylic acids is 1. The second kappa shape index (κ2) is 16.3. The van der Waals surface area contributed by atoms with Crippen molar-refractivity contribution in [1.82, 2.24) is 0 Å². The van der Waals surface area contributed by atoms with Crippen LogP contribution >= 0.6 is 0 Å². The minimum atomic E-state index is -1.06. The van der Waals surface area contributed by atoms with E-state index in [1.165, 1.54) is 37.4 Å². The van der Waals surface area contributed by atoms with Crippen molar-refractivity contribution in [3.8, 4) is 0 Å². The first-order valence-corrected chi connectivity index (χ1v) is 15.3. The van der Waals surface area contributed by atoms with Crippen molar-refractivity contribution in [2.24, 2.45) is 5.92 Å². The quantitative estimate of drug-likeness (QED) is 0.201. The maximum absolute atomic E-state index is 12.7. The maximum atomic E-state index is 12.7. The van der Waals surface area contributed by atoms with E-state index in [0.29, 0.717) is 28.8 Å². The molecule has 9 heteroatoms. The van der Waals surface area contributed by atoms with E-state index in [-0.39, 0.29) is 18.1 Å². The number of alkyl halides is 1. The van der Waals surface area contributed by atoms with Gasteiger partial charge in [0.1, 0.15) is 18.6 Å². The SMILES string of the molecule is C/C=C(OC)\C(F)=C/CF.C=C(/C=C\C(=C/C)CC(=O)Nc1ccc2c(c1)N(C)C(C(C)C)N2C1CC1)S(=O)CC. The Labute approximate surface area is 247 Å². The van der Waals surface area contributed by atoms with Crippen LogP contribution < -0.4 is 15.1 Å². The third-order valence-corrected chi connectivity index (χ3v) is 8.13. The van der Waals surface area contributed by atoms with Gasteiger partial charge in [0.15, 0.2) is 5.83 Å². The van der Waals surface area contributed by atoms with Crippen LogP contribution in [0.5, 0.6) is 0 Å². The lowest BCUT2D eigenvalue weighted by molar-refractivity contribution is -0.115. The second-order valence-electron chi connectivity index (χ2n) is 10.2. The molecule has 0 bridgehead atoms. The van der Waals surface area contributed by atoms with Gasteiger partial charge in [0, 0.05) is 29.4 Å². The van der Waals surface area contributed by atoms with E-state index in [4.69, 9.17) is 0 Å². The summed E-state index contributed by atoms with van der Waals surface area (Å²) < 4.78 is 40.3. The molecule has 1 heterocycles. The van der Waals surface area contributed by atoms with E-state index in [1.54, 1.807) is 13.0 Å². The van der Waals surface area contributed by atoms with Crippen molar-refractivity contribution >= 4 is 33.8 Å². The predicted molar refractivity (Wildman–Crippen MR) is 169 cm³/mol. The summed E-state index contributed by atoms with van der Waals surface area (Å²) in [5.74, 6) is 0.388. The number of amides is 1. The fraction of sp³-hybridized carbons (Fsp3) is 0.469. The minimum Gasteiger partial charge on any atom is -0.494 e. The summed E-state index contributed by atoms with van der Waals surface area (Å²) in [5, 5.41) is 3.04. The van der Waals surface area contributed by atoms with Gasteiger partial charge in [0.05, 0.1) is 35.7 Å². The van der Waals surface area contributed by atoms with Gasteiger partial charge in [-0.15, -0.1) is 0 Å². The van der Waals surface area contributed by atoms with Gasteiger partial charge in [-0.05, 0) is 74.6 Å². The molecule has 2 aliphatic rings. The number of ether oxygens (including phenoxy) is 1. The van der Waals surface area contributed by atoms with Crippen molar-refractivity contribution < 1.29 is 22.5 Å². The number of nitrogens with zero attached hydrogens (tertiary/aromatic N) is 2. The summed E-state index contributed by atoms with van der Waals surface area (Å²) in [6.07, 6.45) is 10.8. The molecule has 1 aliphatic carbocycles. The third kappa shape index (κ3) is 9.42. The highest BCUT2D eigenvalue weighted by molar-refractivity contribution is 7.89. The Balaban J connectivity index is 0.000000503. The Kier molecular flexibility index (Phi) is 13.5. The maximum Gasteiger partial charge on any atom is 0.228 e. The number of hydrogen-bond donors (Lipinski definition) is 1. The third-order valence-electron chi connectivity index (χ3n) is 6.88. The molecule has 3 rings (SSSR count). The first-order chi connectivity index (χ1) is 19.5. The fourth-order valence-corrected chi connectivity index (χ4v) is 5.33. The average molecular weight is 590 g/mol. The highest BCUT2D eigenvalue weighted by Crippen LogP contribution is 2.47. The van der Waals surface area contributed by atoms with E-state index >= 15 is 0 Å². The second-order valence-corrected chi connectivity index (χ2v) is 12.0. The zero-order valence-corrected chi connectivity index (χ0v) is 26.2. The predicted octanol–water partition coefficient (Wildman–Crippen LogP) is 7.56. The number of methoxy groups -OCH3 is 1. The molecule has 41 heavy (non-hydrogen) atoms. The van der Waals surface area contributed by atoms with Crippen LogP contribution in [0.1, 0.15) is 53.9 Å². The minimum absolute atomic E-state index is 0.0673. The van der Waals surface area contributed by atoms with Crippen LogP contribution in [-0.4, -0.2) is 48.9 Å². The molecule has 1 saturated carbocycles. The van der Waals surface area contributed by atoms with Crippen LogP contribution in [0.15, 0.2) is 77.2 Å². The van der Waals surface area contributed by atoms with E-state index in [1.807, 2.05) is 32.1 Å². The van der Waals surface area contributed by atoms with Crippen LogP contribution in [0.3, 0.4) is 0 Å². The van der Waals surface area contributed by atoms with Gasteiger partial charge >= 0.3 is 0 Å². The molecule has 226 valence electrons. The fourth-order valence-electron chi connectivity index (χ4n) is 4.74. The number of carbonyl (C=O) groups is 1. The number of rotatable bonds is 12. The molecule has 1 aromatic rings. The molecule has 2 atom stereocenters. The molecule has 2 unspecified atom stereocenters. The summed E-state index contributed by atoms with van der Waals surface area (Å²) >= 11 is 0. The van der Waals surface area contributed by atoms with Crippen molar-refractivity contribution in [1.29, 1.82) is 0 Å². The van der Waals surface area contributed by atoms with E-state index < -0.39 is 23.3 Å². The van der Waals surface area contributed by atoms with Crippen molar-refractivity contribution in [3.05, 3.63) is 77.2 Å². The standard InChI is InChI=1S/C25H35N3O2S.C7H10F2O/c1-7-19(10-9-18(5)31(30)8-2)15-24(29)26-20-11-14-22-23(16-20)27(6)25(17(3)4)28(22)21-12-13-21;1-3-7(10-2)6(9)4-5-8/h7,9-11,14,16-17,21,25H,5,8,12-13,15H2,1-4,6H3,(H,26,29);3-4H,5H2,1-2H3/b10-9-,19-7+;6-4+,7-3+. The number of anilines is 3. The molecule has 0 aromatic heterocycles. The van der Waals surface area contributed by atoms with E-state index in [2.05, 4.69) is 59.5 Å². The Hall–Kier alpha value is -3.20. The largest absolute Gasteiger partial charge is 0.494 e. The number of halogens is 2. The van der Waals surface area contributed by atoms with Crippen LogP contribution in [0, 0.1) is 5.92 Å². The zero-order valence-electron chi connectivity index (χ0n) is 25.4. The molecule has 1 aromatic carbocycles. The lowest BCUT2D eigenvalue weighted by atomic mass is 10.1. The summed E-state index contributed by atoms with van der Waals surface area (Å²) in [6.45, 7) is 12.9. The molecule has 6 nitrogen and oxygen atoms in total. The van der Waals surface area contributed by atoms with Crippen molar-refractivity contribution in [2.45, 2.75) is 66.1 Å². The first-order valence-electron chi connectivity index (χ1n) is 14.0. The summed E-state index contributed by atoms with van der Waals surface area (Å²) in [7, 11) is 2.42. The van der Waals surface area contributed by atoms with Gasteiger partial charge in [-0.3, -0.25) is 9.00 Å². The summed E-state index contributed by atoms with van der Waals surface area (Å²) in [6, 6.07) is 6.86. The lowest BCUT2D eigenvalue weighted by Gasteiger charge is -2.34. The van der Waals surface area contributed by atoms with Gasteiger partial charge in [0.25, 0.3) is 0 Å². The molecular formula is C32H45F2N3O3S. The van der Waals surface area contributed by atoms with E-state index in [0.717, 1.165) is 17.3 Å². The summed E-state index contributed by atoms with van der Waals surface area (Å²) in [4.78, 5) is 18.1. The normalized spacial score (nSPS) is 18.3. The first kappa shape index (κ1) is 34.0. The van der Waals surface area contributed by atoms with Crippen LogP contribution in [0.2, 0.25) is 0 Å². The lowest BCUT2D eigenvalue weighted by Crippen LogP contribution is -2.46. The summed E-state index contributed by atoms with van der Waals surface area (Å²) in [5.41, 5.74) is 4.12. The zero-order chi connectivity index (χ0) is 30.7. The van der Waals surface area contributed by atoms with Gasteiger partial charge in [-0.1, -0.05) is 39.5 Å². The highest BCUT2D eigenvalue weighted by Gasteiger charge is 2.43. The molecular weight excluding hydrogens is 544 g/mol. The number of benzene rings is 1. The Morgan fingerprint density at radius 2 is 1.90 bits per heavy atom. The van der Waals surface area contributed by atoms with Gasteiger partial charge in [0.2, 0.25) is 5.91 Å². The van der Waals surface area contributed by atoms with Crippen molar-refractivity contribution in [3.63, 3.8) is 0 Å². The van der Waals surface area contributed by atoms with Crippen LogP contribution in [-0.2, 0) is 20.3 Å². The Morgan fingerprint density at radius 3 is 2.41 bits per heavy atom. The molecule has 1 fully saturated rings. The Morgan fingerprint density at radius 1 is 1.22 bits per heavy atom. The molecule has 1 N–H and O–H groups in total. The number of allylic oxidation sites excluding steroid dienone is 6. The topological polar surface area (TPSA) is 61.9 Å². The monoisotopic (exact) mass is 589 g/mol. The smallest absolute Gasteiger partial charge is 0.228 e. The van der Waals surface area contributed by atoms with E-state index in [9.17, 15) is 17.8 Å². The molecule has 1 amide bonds. The number of hydrogen-bond acceptors (Lipinski definition) is 5. The molecule has 0 radical (unpaired) electrons. The molecule has 1 aliphatic heterocycles. The molecule has 0 saturated heterocycles. The number of fused-ring (bicyclic) bond motifs is 1. The van der Waals surface area contributed by atoms with Crippen LogP contribution in [0.25, 0.3) is 0 Å². The number of nitrogens with one attached hydrogen (secondary N) is 1. The van der Waals surface area contributed by atoms with Crippen molar-refractivity contribution in [2.75, 3.05) is 41.7 Å². The van der Waals surface area contributed by atoms with Gasteiger partial charge in [-0.25, -0.2) is 8.78 Å². The van der Waals surface area contributed by atoms with Gasteiger partial charge < -0.3 is 19.9 Å². The van der Waals surface area contributed by atoms with Crippen LogP contribution in [0.4, 0.5) is 25.8 Å². The average Bonchev–Trinajstić information content (AvgIpc) is 3.75.